The van der Waals surface area contributed by atoms with E-state index >= 15 is 0 Å². The van der Waals surface area contributed by atoms with Gasteiger partial charge in [0.2, 0.25) is 0 Å². The summed E-state index contributed by atoms with van der Waals surface area (Å²) in [7, 11) is 0. The van der Waals surface area contributed by atoms with Crippen LogP contribution in [-0.2, 0) is 9.49 Å². The van der Waals surface area contributed by atoms with E-state index in [2.05, 4.69) is 147 Å². The first kappa shape index (κ1) is 21.5. The molecular formula is C30H30S. The minimum Gasteiger partial charge on any atom is -0.129 e. The van der Waals surface area contributed by atoms with Crippen LogP contribution in [0.25, 0.3) is 0 Å². The molecule has 0 saturated heterocycles. The van der Waals surface area contributed by atoms with Gasteiger partial charge < -0.3 is 0 Å². The van der Waals surface area contributed by atoms with Gasteiger partial charge in [-0.05, 0) is 35.1 Å². The molecule has 0 unspecified atom stereocenters. The largest absolute Gasteiger partial charge is 0.129 e. The van der Waals surface area contributed by atoms with Gasteiger partial charge >= 0.3 is 0 Å². The summed E-state index contributed by atoms with van der Waals surface area (Å²) in [4.78, 5) is 0. The van der Waals surface area contributed by atoms with Gasteiger partial charge in [-0.3, -0.25) is 0 Å². The molecule has 0 saturated carbocycles. The summed E-state index contributed by atoms with van der Waals surface area (Å²) < 4.78 is -0.325. The molecule has 4 aromatic rings. The van der Waals surface area contributed by atoms with Crippen LogP contribution in [0.3, 0.4) is 0 Å². The van der Waals surface area contributed by atoms with Crippen molar-refractivity contribution in [3.8, 4) is 0 Å². The van der Waals surface area contributed by atoms with E-state index in [1.165, 1.54) is 22.3 Å². The molecule has 4 rings (SSSR count). The molecule has 0 nitrogen and oxygen atoms in total. The van der Waals surface area contributed by atoms with Crippen LogP contribution in [-0.4, -0.2) is 0 Å². The zero-order chi connectivity index (χ0) is 21.6. The molecular weight excluding hydrogens is 392 g/mol. The summed E-state index contributed by atoms with van der Waals surface area (Å²) in [5.41, 5.74) is 5.44. The van der Waals surface area contributed by atoms with Crippen molar-refractivity contribution in [2.75, 3.05) is 0 Å². The summed E-state index contributed by atoms with van der Waals surface area (Å²) in [5, 5.41) is 0. The minimum absolute atomic E-state index is 0.162. The fourth-order valence-electron chi connectivity index (χ4n) is 4.66. The molecule has 0 spiro atoms. The average Bonchev–Trinajstić information content (AvgIpc) is 2.87. The Bertz CT molecular complexity index is 888. The van der Waals surface area contributed by atoms with Crippen molar-refractivity contribution in [3.05, 3.63) is 144 Å². The van der Waals surface area contributed by atoms with Crippen molar-refractivity contribution < 1.29 is 0 Å². The highest BCUT2D eigenvalue weighted by molar-refractivity contribution is 8.01. The maximum absolute atomic E-state index is 2.32. The van der Waals surface area contributed by atoms with E-state index < -0.39 is 0 Å². The molecule has 0 aliphatic heterocycles. The van der Waals surface area contributed by atoms with Gasteiger partial charge in [0.25, 0.3) is 0 Å². The van der Waals surface area contributed by atoms with Crippen LogP contribution in [0.4, 0.5) is 0 Å². The Hall–Kier alpha value is -2.77. The molecule has 31 heavy (non-hydrogen) atoms. The Morgan fingerprint density at radius 1 is 0.419 bits per heavy atom. The maximum Gasteiger partial charge on any atom is 0.0666 e. The number of hydrogen-bond acceptors (Lipinski definition) is 1. The molecule has 0 radical (unpaired) electrons. The van der Waals surface area contributed by atoms with Crippen LogP contribution < -0.4 is 0 Å². The van der Waals surface area contributed by atoms with Gasteiger partial charge in [-0.2, -0.15) is 0 Å². The van der Waals surface area contributed by atoms with Crippen LogP contribution >= 0.6 is 11.8 Å². The average molecular weight is 423 g/mol. The lowest BCUT2D eigenvalue weighted by molar-refractivity contribution is 0.655. The standard InChI is InChI=1S/C30H30S/c1-3-29(25-17-9-5-10-18-25,26-19-11-6-12-20-26)31-30(4-2,27-21-13-7-14-22-27)28-23-15-8-16-24-28/h5-24H,3-4H2,1-2H3. The van der Waals surface area contributed by atoms with E-state index in [0.717, 1.165) is 12.8 Å². The predicted molar refractivity (Wildman–Crippen MR) is 136 cm³/mol. The SMILES string of the molecule is CCC(SC(CC)(c1ccccc1)c1ccccc1)(c1ccccc1)c1ccccc1. The van der Waals surface area contributed by atoms with Gasteiger partial charge in [0, 0.05) is 0 Å². The second-order valence-corrected chi connectivity index (χ2v) is 9.53. The molecule has 0 aliphatic rings. The molecule has 0 aromatic heterocycles. The van der Waals surface area contributed by atoms with Gasteiger partial charge in [0.05, 0.1) is 9.49 Å². The molecule has 0 heterocycles. The van der Waals surface area contributed by atoms with E-state index in [0.29, 0.717) is 0 Å². The molecule has 0 aliphatic carbocycles. The molecule has 1 heteroatoms. The number of hydrogen-bond donors (Lipinski definition) is 0. The Labute approximate surface area is 191 Å². The van der Waals surface area contributed by atoms with Crippen molar-refractivity contribution in [1.82, 2.24) is 0 Å². The second-order valence-electron chi connectivity index (χ2n) is 7.93. The van der Waals surface area contributed by atoms with Gasteiger partial charge in [0.15, 0.2) is 0 Å². The van der Waals surface area contributed by atoms with Crippen LogP contribution in [0.2, 0.25) is 0 Å². The van der Waals surface area contributed by atoms with Crippen molar-refractivity contribution in [3.63, 3.8) is 0 Å². The van der Waals surface area contributed by atoms with Crippen LogP contribution in [0.5, 0.6) is 0 Å². The highest BCUT2D eigenvalue weighted by Gasteiger charge is 2.44. The van der Waals surface area contributed by atoms with E-state index in [1.807, 2.05) is 0 Å². The van der Waals surface area contributed by atoms with Crippen molar-refractivity contribution in [2.45, 2.75) is 36.2 Å². The Morgan fingerprint density at radius 3 is 0.839 bits per heavy atom. The molecule has 4 aromatic carbocycles. The number of benzene rings is 4. The molecule has 0 N–H and O–H groups in total. The lowest BCUT2D eigenvalue weighted by Gasteiger charge is -2.44. The fraction of sp³-hybridized carbons (Fsp3) is 0.200. The van der Waals surface area contributed by atoms with Crippen LogP contribution in [0, 0.1) is 0 Å². The maximum atomic E-state index is 2.32. The second kappa shape index (κ2) is 9.58. The highest BCUT2D eigenvalue weighted by Crippen LogP contribution is 2.58. The summed E-state index contributed by atoms with van der Waals surface area (Å²) in [6.07, 6.45) is 2.01. The third-order valence-corrected chi connectivity index (χ3v) is 8.52. The third-order valence-electron chi connectivity index (χ3n) is 6.30. The predicted octanol–water partition coefficient (Wildman–Crippen LogP) is 8.43. The summed E-state index contributed by atoms with van der Waals surface area (Å²) in [5.74, 6) is 0. The molecule has 0 atom stereocenters. The minimum atomic E-state index is -0.162. The van der Waals surface area contributed by atoms with E-state index in [1.54, 1.807) is 0 Å². The summed E-state index contributed by atoms with van der Waals surface area (Å²) in [6, 6.07) is 44.1. The summed E-state index contributed by atoms with van der Waals surface area (Å²) >= 11 is 2.10. The zero-order valence-corrected chi connectivity index (χ0v) is 19.2. The quantitative estimate of drug-likeness (QED) is 0.274. The summed E-state index contributed by atoms with van der Waals surface area (Å²) in [6.45, 7) is 4.65. The molecule has 156 valence electrons. The zero-order valence-electron chi connectivity index (χ0n) is 18.4. The molecule has 0 fully saturated rings. The topological polar surface area (TPSA) is 0 Å². The third kappa shape index (κ3) is 4.07. The van der Waals surface area contributed by atoms with Crippen molar-refractivity contribution in [1.29, 1.82) is 0 Å². The van der Waals surface area contributed by atoms with Gasteiger partial charge in [-0.1, -0.05) is 135 Å². The van der Waals surface area contributed by atoms with Crippen molar-refractivity contribution in [2.24, 2.45) is 0 Å². The van der Waals surface area contributed by atoms with Gasteiger partial charge in [-0.25, -0.2) is 0 Å². The fourth-order valence-corrected chi connectivity index (χ4v) is 6.56. The highest BCUT2D eigenvalue weighted by atomic mass is 32.2. The Balaban J connectivity index is 1.98. The smallest absolute Gasteiger partial charge is 0.0666 e. The lowest BCUT2D eigenvalue weighted by Crippen LogP contribution is -2.33. The van der Waals surface area contributed by atoms with E-state index in [-0.39, 0.29) is 9.49 Å². The lowest BCUT2D eigenvalue weighted by atomic mass is 9.87. The molecule has 0 amide bonds. The van der Waals surface area contributed by atoms with Crippen molar-refractivity contribution >= 4 is 11.8 Å². The van der Waals surface area contributed by atoms with E-state index in [9.17, 15) is 0 Å². The molecule has 0 bridgehead atoms. The van der Waals surface area contributed by atoms with Crippen LogP contribution in [0.1, 0.15) is 48.9 Å². The Morgan fingerprint density at radius 2 is 0.645 bits per heavy atom. The van der Waals surface area contributed by atoms with E-state index in [4.69, 9.17) is 0 Å². The number of rotatable bonds is 8. The first-order valence-corrected chi connectivity index (χ1v) is 12.0. The van der Waals surface area contributed by atoms with Crippen LogP contribution in [0.15, 0.2) is 121 Å². The van der Waals surface area contributed by atoms with Gasteiger partial charge in [0.1, 0.15) is 0 Å². The Kier molecular flexibility index (Phi) is 6.63. The van der Waals surface area contributed by atoms with Gasteiger partial charge in [-0.15, -0.1) is 11.8 Å². The number of thioether (sulfide) groups is 1. The monoisotopic (exact) mass is 422 g/mol. The normalized spacial score (nSPS) is 11.9. The first-order chi connectivity index (χ1) is 15.2. The first-order valence-electron chi connectivity index (χ1n) is 11.2.